The smallest absolute Gasteiger partial charge is 0.411 e. The van der Waals surface area contributed by atoms with Crippen LogP contribution in [0.5, 0.6) is 0 Å². The van der Waals surface area contributed by atoms with Crippen LogP contribution in [0.4, 0.5) is 13.2 Å². The highest BCUT2D eigenvalue weighted by Gasteiger charge is 2.38. The first-order valence-electron chi connectivity index (χ1n) is 10.6. The van der Waals surface area contributed by atoms with Crippen LogP contribution in [0.2, 0.25) is 0 Å². The molecule has 31 heavy (non-hydrogen) atoms. The fourth-order valence-electron chi connectivity index (χ4n) is 3.91. The molecule has 0 aromatic rings. The third-order valence-electron chi connectivity index (χ3n) is 5.63. The largest absolute Gasteiger partial charge is 0.598 e. The average molecular weight is 475 g/mol. The lowest BCUT2D eigenvalue weighted by Gasteiger charge is -2.46. The summed E-state index contributed by atoms with van der Waals surface area (Å²) in [7, 11) is -3.27. The van der Waals surface area contributed by atoms with Crippen LogP contribution >= 0.6 is 0 Å². The molecule has 3 saturated heterocycles. The summed E-state index contributed by atoms with van der Waals surface area (Å²) in [5.41, 5.74) is 0. The molecular formula is C17H33F3N6O4S. The van der Waals surface area contributed by atoms with Gasteiger partial charge in [0.05, 0.1) is 25.3 Å². The second-order valence-electron chi connectivity index (χ2n) is 8.03. The molecule has 6 unspecified atom stereocenters. The minimum atomic E-state index is -4.44. The molecule has 0 radical (unpaired) electrons. The lowest BCUT2D eigenvalue weighted by Crippen LogP contribution is -2.76. The van der Waals surface area contributed by atoms with E-state index in [1.807, 2.05) is 11.8 Å². The topological polar surface area (TPSA) is 113 Å². The van der Waals surface area contributed by atoms with Gasteiger partial charge in [-0.1, -0.05) is 4.21 Å². The Morgan fingerprint density at radius 3 is 2.48 bits per heavy atom. The third kappa shape index (κ3) is 7.55. The minimum absolute atomic E-state index is 0.0397. The number of nitrogens with zero attached hydrogens (tertiary/aromatic N) is 2. The van der Waals surface area contributed by atoms with Crippen molar-refractivity contribution in [3.8, 4) is 0 Å². The summed E-state index contributed by atoms with van der Waals surface area (Å²) in [6, 6.07) is 0. The number of hydrogen-bond acceptors (Lipinski definition) is 9. The number of halogens is 3. The summed E-state index contributed by atoms with van der Waals surface area (Å²) in [5.74, 6) is 0.0397. The van der Waals surface area contributed by atoms with Gasteiger partial charge in [0.1, 0.15) is 35.3 Å². The standard InChI is InChI=1S/C17H33F3N6O4S/c1-3-31(27,28)26-8-6-25(7-9-26)15-22-14(21-10-13-5-4-12(2)30-13)23-16(24-15)29-11-17(18,19)20/h12-16,21-24H,3-11H2,1-2H3. The maximum Gasteiger partial charge on any atom is 0.411 e. The normalized spacial score (nSPS) is 35.9. The van der Waals surface area contributed by atoms with Gasteiger partial charge < -0.3 is 14.0 Å². The molecule has 3 rings (SSSR count). The number of ether oxygens (including phenoxy) is 2. The van der Waals surface area contributed by atoms with E-state index < -0.39 is 42.1 Å². The van der Waals surface area contributed by atoms with Gasteiger partial charge in [0.15, 0.2) is 6.35 Å². The van der Waals surface area contributed by atoms with Gasteiger partial charge in [-0.3, -0.25) is 26.2 Å². The zero-order valence-electron chi connectivity index (χ0n) is 17.8. The summed E-state index contributed by atoms with van der Waals surface area (Å²) in [6.45, 7) is 4.28. The average Bonchev–Trinajstić information content (AvgIpc) is 3.15. The Morgan fingerprint density at radius 2 is 1.90 bits per heavy atom. The van der Waals surface area contributed by atoms with Crippen molar-refractivity contribution >= 4 is 10.4 Å². The molecule has 3 aliphatic rings. The first-order valence-corrected chi connectivity index (χ1v) is 12.2. The molecule has 3 aliphatic heterocycles. The van der Waals surface area contributed by atoms with Crippen LogP contribution in [0.15, 0.2) is 0 Å². The van der Waals surface area contributed by atoms with E-state index in [4.69, 9.17) is 9.47 Å². The number of rotatable bonds is 8. The predicted octanol–water partition coefficient (Wildman–Crippen LogP) is -0.462. The summed E-state index contributed by atoms with van der Waals surface area (Å²) in [6.07, 6.45) is -4.34. The Morgan fingerprint density at radius 1 is 1.19 bits per heavy atom. The molecule has 10 nitrogen and oxygen atoms in total. The maximum atomic E-state index is 12.6. The molecular weight excluding hydrogens is 441 g/mol. The molecule has 0 spiro atoms. The van der Waals surface area contributed by atoms with Gasteiger partial charge in [-0.25, -0.2) is 0 Å². The maximum absolute atomic E-state index is 12.6. The zero-order valence-corrected chi connectivity index (χ0v) is 18.6. The van der Waals surface area contributed by atoms with Crippen molar-refractivity contribution in [3.63, 3.8) is 0 Å². The molecule has 182 valence electrons. The van der Waals surface area contributed by atoms with E-state index >= 15 is 0 Å². The zero-order chi connectivity index (χ0) is 22.6. The number of piperazine rings is 1. The highest BCUT2D eigenvalue weighted by molar-refractivity contribution is 7.95. The van der Waals surface area contributed by atoms with E-state index in [-0.39, 0.29) is 18.0 Å². The number of nitrogens with one attached hydrogen (secondary N) is 4. The van der Waals surface area contributed by atoms with Crippen molar-refractivity contribution in [2.24, 2.45) is 0 Å². The van der Waals surface area contributed by atoms with Crippen LogP contribution in [-0.2, 0) is 24.1 Å². The Hall–Kier alpha value is -0.420. The number of alkyl halides is 3. The molecule has 6 atom stereocenters. The molecule has 14 heteroatoms. The minimum Gasteiger partial charge on any atom is -0.598 e. The molecule has 0 aromatic heterocycles. The van der Waals surface area contributed by atoms with Gasteiger partial charge in [0.25, 0.3) is 0 Å². The van der Waals surface area contributed by atoms with Crippen molar-refractivity contribution < 1.29 is 31.4 Å². The Kier molecular flexibility index (Phi) is 8.68. The Bertz CT molecular complexity index is 625. The van der Waals surface area contributed by atoms with Gasteiger partial charge in [-0.05, 0) is 26.7 Å². The second kappa shape index (κ2) is 10.7. The third-order valence-corrected chi connectivity index (χ3v) is 7.51. The highest BCUT2D eigenvalue weighted by Crippen LogP contribution is 2.19. The van der Waals surface area contributed by atoms with Gasteiger partial charge in [-0.15, -0.1) is 4.31 Å². The van der Waals surface area contributed by atoms with Crippen LogP contribution in [-0.4, -0.2) is 96.2 Å². The fraction of sp³-hybridized carbons (Fsp3) is 1.00. The van der Waals surface area contributed by atoms with E-state index in [1.165, 1.54) is 4.31 Å². The van der Waals surface area contributed by atoms with Crippen molar-refractivity contribution in [2.45, 2.75) is 64.0 Å². The van der Waals surface area contributed by atoms with Gasteiger partial charge in [0.2, 0.25) is 0 Å². The first-order chi connectivity index (χ1) is 14.6. The summed E-state index contributed by atoms with van der Waals surface area (Å²) in [5, 5.41) is 12.4. The van der Waals surface area contributed by atoms with Gasteiger partial charge in [-0.2, -0.15) is 13.2 Å². The molecule has 3 heterocycles. The second-order valence-corrected chi connectivity index (χ2v) is 10.3. The molecule has 0 bridgehead atoms. The molecule has 4 N–H and O–H groups in total. The van der Waals surface area contributed by atoms with E-state index in [9.17, 15) is 21.9 Å². The van der Waals surface area contributed by atoms with Crippen molar-refractivity contribution in [3.05, 3.63) is 0 Å². The number of sulfonamides is 1. The highest BCUT2D eigenvalue weighted by atomic mass is 32.3. The Labute approximate surface area is 181 Å². The summed E-state index contributed by atoms with van der Waals surface area (Å²) in [4.78, 5) is 1.95. The van der Waals surface area contributed by atoms with E-state index in [1.54, 1.807) is 6.92 Å². The van der Waals surface area contributed by atoms with Crippen molar-refractivity contribution in [2.75, 3.05) is 45.1 Å². The Balaban J connectivity index is 1.56. The van der Waals surface area contributed by atoms with Crippen LogP contribution in [0.25, 0.3) is 0 Å². The first kappa shape index (κ1) is 25.2. The van der Waals surface area contributed by atoms with Crippen LogP contribution in [0.1, 0.15) is 26.7 Å². The van der Waals surface area contributed by atoms with E-state index in [0.29, 0.717) is 32.7 Å². The van der Waals surface area contributed by atoms with Crippen molar-refractivity contribution in [1.29, 1.82) is 0 Å². The van der Waals surface area contributed by atoms with Gasteiger partial charge in [0, 0.05) is 19.6 Å². The summed E-state index contributed by atoms with van der Waals surface area (Å²) >= 11 is 0. The van der Waals surface area contributed by atoms with Crippen LogP contribution in [0, 0.1) is 0 Å². The van der Waals surface area contributed by atoms with E-state index in [2.05, 4.69) is 21.3 Å². The van der Waals surface area contributed by atoms with Gasteiger partial charge >= 0.3 is 6.18 Å². The molecule has 0 amide bonds. The van der Waals surface area contributed by atoms with Crippen molar-refractivity contribution in [1.82, 2.24) is 30.5 Å². The quantitative estimate of drug-likeness (QED) is 0.347. The fourth-order valence-corrected chi connectivity index (χ4v) is 4.99. The monoisotopic (exact) mass is 474 g/mol. The molecule has 3 fully saturated rings. The summed E-state index contributed by atoms with van der Waals surface area (Å²) < 4.78 is 74.3. The molecule has 0 aliphatic carbocycles. The lowest BCUT2D eigenvalue weighted by molar-refractivity contribution is -0.202. The number of hydrogen-bond donors (Lipinski definition) is 4. The van der Waals surface area contributed by atoms with Crippen LogP contribution in [0.3, 0.4) is 0 Å². The lowest BCUT2D eigenvalue weighted by atomic mass is 10.2. The van der Waals surface area contributed by atoms with Crippen LogP contribution < -0.4 is 21.3 Å². The van der Waals surface area contributed by atoms with E-state index in [0.717, 1.165) is 12.8 Å². The SMILES string of the molecule is CC[S+](=O)([O-])N1CCN(C2NC(NCC3CCC(C)O3)NC(OCC(F)(F)F)N2)CC1. The predicted molar refractivity (Wildman–Crippen MR) is 107 cm³/mol. The molecule has 0 saturated carbocycles. The molecule has 0 aromatic carbocycles.